The molecule has 0 bridgehead atoms. The molecule has 21 heavy (non-hydrogen) atoms. The van der Waals surface area contributed by atoms with Crippen LogP contribution in [-0.4, -0.2) is 0 Å². The zero-order valence-electron chi connectivity index (χ0n) is 12.9. The third-order valence-electron chi connectivity index (χ3n) is 3.33. The van der Waals surface area contributed by atoms with E-state index in [-0.39, 0.29) is 0 Å². The topological polar surface area (TPSA) is 24.1 Å². The Morgan fingerprint density at radius 1 is 1.05 bits per heavy atom. The Kier molecular flexibility index (Phi) is 5.66. The van der Waals surface area contributed by atoms with Crippen molar-refractivity contribution in [2.75, 3.05) is 5.43 Å². The van der Waals surface area contributed by atoms with Crippen LogP contribution in [-0.2, 0) is 13.0 Å². The molecule has 0 aromatic heterocycles. The highest BCUT2D eigenvalue weighted by atomic mass is 35.5. The first-order valence-corrected chi connectivity index (χ1v) is 7.75. The minimum absolute atomic E-state index is 0.612. The SMILES string of the molecule is Cc1ccc(CNNc2ccc(CC(C)C)c(Cl)c2)cc1. The van der Waals surface area contributed by atoms with Gasteiger partial charge < -0.3 is 5.43 Å². The largest absolute Gasteiger partial charge is 0.321 e. The summed E-state index contributed by atoms with van der Waals surface area (Å²) in [6.45, 7) is 7.26. The van der Waals surface area contributed by atoms with Gasteiger partial charge in [0, 0.05) is 11.6 Å². The van der Waals surface area contributed by atoms with Crippen LogP contribution in [0.1, 0.15) is 30.5 Å². The summed E-state index contributed by atoms with van der Waals surface area (Å²) in [5.74, 6) is 0.612. The Morgan fingerprint density at radius 3 is 2.38 bits per heavy atom. The highest BCUT2D eigenvalue weighted by Gasteiger charge is 2.04. The standard InChI is InChI=1S/C18H23ClN2/c1-13(2)10-16-8-9-17(11-18(16)19)21-20-12-15-6-4-14(3)5-7-15/h4-9,11,13,20-21H,10,12H2,1-3H3. The van der Waals surface area contributed by atoms with E-state index in [9.17, 15) is 0 Å². The molecule has 2 N–H and O–H groups in total. The molecule has 3 heteroatoms. The van der Waals surface area contributed by atoms with Crippen molar-refractivity contribution >= 4 is 17.3 Å². The smallest absolute Gasteiger partial charge is 0.0502 e. The third kappa shape index (κ3) is 5.07. The van der Waals surface area contributed by atoms with Crippen LogP contribution in [0.5, 0.6) is 0 Å². The summed E-state index contributed by atoms with van der Waals surface area (Å²) >= 11 is 6.32. The Bertz CT molecular complexity index is 576. The monoisotopic (exact) mass is 302 g/mol. The molecule has 0 radical (unpaired) electrons. The average molecular weight is 303 g/mol. The van der Waals surface area contributed by atoms with Gasteiger partial charge >= 0.3 is 0 Å². The molecule has 2 nitrogen and oxygen atoms in total. The number of hydrazine groups is 1. The Balaban J connectivity index is 1.88. The molecule has 0 aliphatic carbocycles. The van der Waals surface area contributed by atoms with Gasteiger partial charge in [-0.2, -0.15) is 0 Å². The Hall–Kier alpha value is -1.51. The maximum atomic E-state index is 6.32. The lowest BCUT2D eigenvalue weighted by atomic mass is 10.0. The van der Waals surface area contributed by atoms with Crippen LogP contribution in [0.4, 0.5) is 5.69 Å². The molecular weight excluding hydrogens is 280 g/mol. The predicted molar refractivity (Wildman–Crippen MR) is 91.6 cm³/mol. The van der Waals surface area contributed by atoms with E-state index in [0.29, 0.717) is 5.92 Å². The van der Waals surface area contributed by atoms with E-state index in [1.54, 1.807) is 0 Å². The Morgan fingerprint density at radius 2 is 1.76 bits per heavy atom. The molecule has 112 valence electrons. The van der Waals surface area contributed by atoms with Gasteiger partial charge in [-0.15, -0.1) is 0 Å². The molecule has 0 heterocycles. The normalized spacial score (nSPS) is 10.9. The molecule has 0 amide bonds. The van der Waals surface area contributed by atoms with E-state index in [1.165, 1.54) is 16.7 Å². The summed E-state index contributed by atoms with van der Waals surface area (Å²) in [6.07, 6.45) is 1.01. The van der Waals surface area contributed by atoms with E-state index < -0.39 is 0 Å². The van der Waals surface area contributed by atoms with Crippen molar-refractivity contribution in [1.82, 2.24) is 5.43 Å². The van der Waals surface area contributed by atoms with Crippen LogP contribution in [0.3, 0.4) is 0 Å². The number of nitrogens with one attached hydrogen (secondary N) is 2. The van der Waals surface area contributed by atoms with Crippen LogP contribution in [0, 0.1) is 12.8 Å². The number of hydrogen-bond donors (Lipinski definition) is 2. The number of hydrogen-bond acceptors (Lipinski definition) is 2. The van der Waals surface area contributed by atoms with Crippen molar-refractivity contribution in [2.45, 2.75) is 33.7 Å². The number of halogens is 1. The fourth-order valence-electron chi connectivity index (χ4n) is 2.18. The van der Waals surface area contributed by atoms with Crippen molar-refractivity contribution in [3.05, 3.63) is 64.2 Å². The molecule has 0 aliphatic heterocycles. The second-order valence-electron chi connectivity index (χ2n) is 5.87. The average Bonchev–Trinajstić information content (AvgIpc) is 2.43. The molecule has 0 aliphatic rings. The van der Waals surface area contributed by atoms with Gasteiger partial charge in [0.15, 0.2) is 0 Å². The van der Waals surface area contributed by atoms with E-state index in [1.807, 2.05) is 6.07 Å². The fraction of sp³-hybridized carbons (Fsp3) is 0.333. The van der Waals surface area contributed by atoms with Crippen molar-refractivity contribution in [1.29, 1.82) is 0 Å². The van der Waals surface area contributed by atoms with E-state index in [0.717, 1.165) is 23.7 Å². The van der Waals surface area contributed by atoms with Crippen molar-refractivity contribution in [3.63, 3.8) is 0 Å². The molecule has 0 spiro atoms. The first-order valence-electron chi connectivity index (χ1n) is 7.37. The first kappa shape index (κ1) is 15.9. The highest BCUT2D eigenvalue weighted by Crippen LogP contribution is 2.23. The molecule has 0 saturated carbocycles. The summed E-state index contributed by atoms with van der Waals surface area (Å²) < 4.78 is 0. The van der Waals surface area contributed by atoms with Crippen molar-refractivity contribution in [2.24, 2.45) is 5.92 Å². The summed E-state index contributed by atoms with van der Waals surface area (Å²) in [6, 6.07) is 14.6. The lowest BCUT2D eigenvalue weighted by Crippen LogP contribution is -2.20. The molecule has 0 fully saturated rings. The predicted octanol–water partition coefficient (Wildman–Crippen LogP) is 4.96. The summed E-state index contributed by atoms with van der Waals surface area (Å²) in [7, 11) is 0. The minimum atomic E-state index is 0.612. The van der Waals surface area contributed by atoms with Gasteiger partial charge in [-0.25, -0.2) is 5.43 Å². The lowest BCUT2D eigenvalue weighted by Gasteiger charge is -2.12. The van der Waals surface area contributed by atoms with Gasteiger partial charge in [0.1, 0.15) is 0 Å². The number of anilines is 1. The minimum Gasteiger partial charge on any atom is -0.321 e. The highest BCUT2D eigenvalue weighted by molar-refractivity contribution is 6.31. The molecule has 0 atom stereocenters. The maximum absolute atomic E-state index is 6.32. The van der Waals surface area contributed by atoms with E-state index in [4.69, 9.17) is 11.6 Å². The van der Waals surface area contributed by atoms with Gasteiger partial charge in [-0.3, -0.25) is 0 Å². The third-order valence-corrected chi connectivity index (χ3v) is 3.68. The van der Waals surface area contributed by atoms with Gasteiger partial charge in [0.25, 0.3) is 0 Å². The summed E-state index contributed by atoms with van der Waals surface area (Å²) in [4.78, 5) is 0. The van der Waals surface area contributed by atoms with E-state index in [2.05, 4.69) is 68.0 Å². The van der Waals surface area contributed by atoms with Gasteiger partial charge in [0.2, 0.25) is 0 Å². The zero-order chi connectivity index (χ0) is 15.2. The molecule has 2 aromatic carbocycles. The van der Waals surface area contributed by atoms with Gasteiger partial charge in [-0.05, 0) is 42.5 Å². The Labute approximate surface area is 132 Å². The second-order valence-corrected chi connectivity index (χ2v) is 6.28. The molecule has 2 rings (SSSR count). The number of benzene rings is 2. The summed E-state index contributed by atoms with van der Waals surface area (Å²) in [5.41, 5.74) is 11.1. The van der Waals surface area contributed by atoms with Gasteiger partial charge in [0.05, 0.1) is 5.69 Å². The lowest BCUT2D eigenvalue weighted by molar-refractivity contribution is 0.647. The van der Waals surface area contributed by atoms with Crippen LogP contribution < -0.4 is 10.9 Å². The second kappa shape index (κ2) is 7.48. The number of aryl methyl sites for hydroxylation is 1. The first-order chi connectivity index (χ1) is 10.0. The fourth-order valence-corrected chi connectivity index (χ4v) is 2.44. The quantitative estimate of drug-likeness (QED) is 0.737. The van der Waals surface area contributed by atoms with Crippen LogP contribution in [0.25, 0.3) is 0 Å². The zero-order valence-corrected chi connectivity index (χ0v) is 13.7. The molecule has 0 unspecified atom stereocenters. The van der Waals surface area contributed by atoms with Crippen LogP contribution in [0.2, 0.25) is 5.02 Å². The molecule has 0 saturated heterocycles. The molecule has 2 aromatic rings. The van der Waals surface area contributed by atoms with Crippen molar-refractivity contribution in [3.8, 4) is 0 Å². The molecular formula is C18H23ClN2. The van der Waals surface area contributed by atoms with Gasteiger partial charge in [-0.1, -0.05) is 61.3 Å². The maximum Gasteiger partial charge on any atom is 0.0502 e. The van der Waals surface area contributed by atoms with E-state index >= 15 is 0 Å². The van der Waals surface area contributed by atoms with Crippen LogP contribution >= 0.6 is 11.6 Å². The summed E-state index contributed by atoms with van der Waals surface area (Å²) in [5, 5.41) is 0.825. The van der Waals surface area contributed by atoms with Crippen LogP contribution in [0.15, 0.2) is 42.5 Å². The van der Waals surface area contributed by atoms with Crippen molar-refractivity contribution < 1.29 is 0 Å². The number of rotatable bonds is 6.